The second kappa shape index (κ2) is 33.6. The van der Waals surface area contributed by atoms with E-state index in [1.807, 2.05) is 54.7 Å². The SMILES string of the molecule is CC/C=C\C[C@H](O)/C=C/C=C\C/C=C\C=C\[C@H](O)/C=C\CCCC(=O)N[C@@H](CO)[C@H](O)/C=C/CCCCCCCC/C=C\CCC. The molecule has 6 nitrogen and oxygen atoms in total. The van der Waals surface area contributed by atoms with E-state index in [1.165, 1.54) is 51.4 Å². The lowest BCUT2D eigenvalue weighted by Gasteiger charge is -2.19. The highest BCUT2D eigenvalue weighted by Gasteiger charge is 2.17. The lowest BCUT2D eigenvalue weighted by molar-refractivity contribution is -0.122. The van der Waals surface area contributed by atoms with E-state index in [0.29, 0.717) is 19.3 Å². The van der Waals surface area contributed by atoms with Gasteiger partial charge in [0.25, 0.3) is 0 Å². The standard InChI is InChI=1S/C40H65NO5/c1-3-5-7-8-9-10-11-12-13-14-18-21-27-33-39(45)38(35-42)41-40(46)34-28-22-26-32-37(44)31-25-20-17-15-16-19-24-30-36(43)29-23-6-4-2/h6-8,16-17,19-20,23-27,30-33,36-39,42-45H,3-5,9-15,18,21-22,28-29,34-35H2,1-2H3,(H,41,46)/b8-7-,19-16-,20-17-,23-6-,30-24+,31-25+,32-26-,33-27+/t36-,37-,38-,39+/m0/s1. The van der Waals surface area contributed by atoms with Crippen molar-refractivity contribution in [3.05, 3.63) is 97.2 Å². The maximum Gasteiger partial charge on any atom is 0.220 e. The summed E-state index contributed by atoms with van der Waals surface area (Å²) in [6.45, 7) is 3.94. The third kappa shape index (κ3) is 29.9. The van der Waals surface area contributed by atoms with Gasteiger partial charge in [0.2, 0.25) is 5.91 Å². The van der Waals surface area contributed by atoms with E-state index in [2.05, 4.69) is 31.3 Å². The molecule has 0 bridgehead atoms. The Balaban J connectivity index is 4.03. The highest BCUT2D eigenvalue weighted by molar-refractivity contribution is 5.76. The van der Waals surface area contributed by atoms with Crippen molar-refractivity contribution in [3.8, 4) is 0 Å². The monoisotopic (exact) mass is 639 g/mol. The molecule has 4 atom stereocenters. The fourth-order valence-corrected chi connectivity index (χ4v) is 4.45. The molecule has 46 heavy (non-hydrogen) atoms. The number of allylic oxidation sites excluding steroid dienone is 11. The van der Waals surface area contributed by atoms with Gasteiger partial charge in [0, 0.05) is 6.42 Å². The van der Waals surface area contributed by atoms with Crippen LogP contribution in [0.3, 0.4) is 0 Å². The predicted octanol–water partition coefficient (Wildman–Crippen LogP) is 8.28. The Morgan fingerprint density at radius 3 is 1.91 bits per heavy atom. The summed E-state index contributed by atoms with van der Waals surface area (Å²) < 4.78 is 0. The largest absolute Gasteiger partial charge is 0.394 e. The first-order chi connectivity index (χ1) is 22.4. The average Bonchev–Trinajstić information content (AvgIpc) is 3.04. The van der Waals surface area contributed by atoms with E-state index in [1.54, 1.807) is 30.4 Å². The number of nitrogens with one attached hydrogen (secondary N) is 1. The lowest BCUT2D eigenvalue weighted by atomic mass is 10.1. The first-order valence-electron chi connectivity index (χ1n) is 17.7. The van der Waals surface area contributed by atoms with E-state index in [0.717, 1.165) is 25.7 Å². The number of carbonyl (C=O) groups is 1. The molecule has 0 unspecified atom stereocenters. The molecular formula is C40H65NO5. The normalized spacial score (nSPS) is 15.7. The Morgan fingerprint density at radius 2 is 1.24 bits per heavy atom. The Morgan fingerprint density at radius 1 is 0.630 bits per heavy atom. The minimum Gasteiger partial charge on any atom is -0.394 e. The van der Waals surface area contributed by atoms with Crippen molar-refractivity contribution >= 4 is 5.91 Å². The van der Waals surface area contributed by atoms with Crippen LogP contribution >= 0.6 is 0 Å². The van der Waals surface area contributed by atoms with Gasteiger partial charge in [-0.25, -0.2) is 0 Å². The quantitative estimate of drug-likeness (QED) is 0.0321. The number of hydrogen-bond donors (Lipinski definition) is 5. The van der Waals surface area contributed by atoms with Crippen molar-refractivity contribution in [1.82, 2.24) is 5.32 Å². The summed E-state index contributed by atoms with van der Waals surface area (Å²) in [7, 11) is 0. The van der Waals surface area contributed by atoms with Crippen LogP contribution in [0.5, 0.6) is 0 Å². The first-order valence-corrected chi connectivity index (χ1v) is 17.7. The van der Waals surface area contributed by atoms with Gasteiger partial charge in [-0.1, -0.05) is 143 Å². The molecule has 0 aliphatic rings. The van der Waals surface area contributed by atoms with Gasteiger partial charge in [-0.3, -0.25) is 4.79 Å². The van der Waals surface area contributed by atoms with Gasteiger partial charge < -0.3 is 25.7 Å². The lowest BCUT2D eigenvalue weighted by Crippen LogP contribution is -2.45. The van der Waals surface area contributed by atoms with Crippen LogP contribution in [0.4, 0.5) is 0 Å². The zero-order valence-corrected chi connectivity index (χ0v) is 28.8. The summed E-state index contributed by atoms with van der Waals surface area (Å²) >= 11 is 0. The molecule has 260 valence electrons. The number of unbranched alkanes of at least 4 members (excludes halogenated alkanes) is 9. The second-order valence-electron chi connectivity index (χ2n) is 11.6. The summed E-state index contributed by atoms with van der Waals surface area (Å²) in [5.74, 6) is -0.212. The minimum absolute atomic E-state index is 0.212. The van der Waals surface area contributed by atoms with E-state index in [-0.39, 0.29) is 18.9 Å². The summed E-state index contributed by atoms with van der Waals surface area (Å²) in [5.41, 5.74) is 0. The van der Waals surface area contributed by atoms with Gasteiger partial charge in [0.05, 0.1) is 31.0 Å². The van der Waals surface area contributed by atoms with Crippen LogP contribution in [0, 0.1) is 0 Å². The predicted molar refractivity (Wildman–Crippen MR) is 195 cm³/mol. The Hall–Kier alpha value is -2.77. The smallest absolute Gasteiger partial charge is 0.220 e. The third-order valence-electron chi connectivity index (χ3n) is 7.20. The Kier molecular flexibility index (Phi) is 31.6. The number of rotatable bonds is 29. The van der Waals surface area contributed by atoms with Gasteiger partial charge in [-0.05, 0) is 64.2 Å². The van der Waals surface area contributed by atoms with Gasteiger partial charge in [-0.15, -0.1) is 0 Å². The maximum atomic E-state index is 12.3. The number of aliphatic hydroxyl groups excluding tert-OH is 4. The van der Waals surface area contributed by atoms with Crippen molar-refractivity contribution < 1.29 is 25.2 Å². The molecule has 0 spiro atoms. The van der Waals surface area contributed by atoms with Crippen LogP contribution in [0.15, 0.2) is 97.2 Å². The van der Waals surface area contributed by atoms with Crippen LogP contribution in [0.2, 0.25) is 0 Å². The molecule has 0 aromatic carbocycles. The van der Waals surface area contributed by atoms with Gasteiger partial charge in [0.15, 0.2) is 0 Å². The molecular weight excluding hydrogens is 574 g/mol. The van der Waals surface area contributed by atoms with Gasteiger partial charge in [0.1, 0.15) is 0 Å². The highest BCUT2D eigenvalue weighted by atomic mass is 16.3. The molecule has 6 heteroatoms. The molecule has 0 heterocycles. The zero-order valence-electron chi connectivity index (χ0n) is 28.8. The molecule has 0 aromatic heterocycles. The first kappa shape index (κ1) is 43.2. The molecule has 0 saturated heterocycles. The zero-order chi connectivity index (χ0) is 33.9. The van der Waals surface area contributed by atoms with E-state index in [4.69, 9.17) is 0 Å². The van der Waals surface area contributed by atoms with Crippen molar-refractivity contribution in [2.75, 3.05) is 6.61 Å². The molecule has 0 aliphatic carbocycles. The number of carbonyl (C=O) groups excluding carboxylic acids is 1. The minimum atomic E-state index is -0.921. The molecule has 0 fully saturated rings. The van der Waals surface area contributed by atoms with Crippen molar-refractivity contribution in [2.45, 2.75) is 141 Å². The van der Waals surface area contributed by atoms with Crippen LogP contribution in [-0.4, -0.2) is 57.3 Å². The molecule has 0 rings (SSSR count). The molecule has 0 radical (unpaired) electrons. The van der Waals surface area contributed by atoms with Crippen LogP contribution in [-0.2, 0) is 4.79 Å². The third-order valence-corrected chi connectivity index (χ3v) is 7.20. The summed E-state index contributed by atoms with van der Waals surface area (Å²) in [5, 5.41) is 42.6. The molecule has 1 amide bonds. The number of aliphatic hydroxyl groups is 4. The average molecular weight is 640 g/mol. The van der Waals surface area contributed by atoms with Crippen LogP contribution in [0.25, 0.3) is 0 Å². The Labute approximate surface area is 280 Å². The fraction of sp³-hybridized carbons (Fsp3) is 0.575. The summed E-state index contributed by atoms with van der Waals surface area (Å²) in [6.07, 6.45) is 44.1. The number of amides is 1. The van der Waals surface area contributed by atoms with Crippen molar-refractivity contribution in [1.29, 1.82) is 0 Å². The molecule has 0 saturated carbocycles. The number of hydrogen-bond acceptors (Lipinski definition) is 5. The van der Waals surface area contributed by atoms with E-state index >= 15 is 0 Å². The molecule has 5 N–H and O–H groups in total. The van der Waals surface area contributed by atoms with Gasteiger partial charge >= 0.3 is 0 Å². The van der Waals surface area contributed by atoms with E-state index in [9.17, 15) is 25.2 Å². The fourth-order valence-electron chi connectivity index (χ4n) is 4.45. The topological polar surface area (TPSA) is 110 Å². The maximum absolute atomic E-state index is 12.3. The summed E-state index contributed by atoms with van der Waals surface area (Å²) in [4.78, 5) is 12.3. The van der Waals surface area contributed by atoms with E-state index < -0.39 is 24.4 Å². The van der Waals surface area contributed by atoms with Crippen LogP contribution in [0.1, 0.15) is 117 Å². The van der Waals surface area contributed by atoms with Crippen LogP contribution < -0.4 is 5.32 Å². The second-order valence-corrected chi connectivity index (χ2v) is 11.6. The highest BCUT2D eigenvalue weighted by Crippen LogP contribution is 2.10. The summed E-state index contributed by atoms with van der Waals surface area (Å²) in [6, 6.07) is -0.719. The Bertz CT molecular complexity index is 943. The van der Waals surface area contributed by atoms with Crippen molar-refractivity contribution in [2.24, 2.45) is 0 Å². The molecule has 0 aromatic rings. The van der Waals surface area contributed by atoms with Crippen molar-refractivity contribution in [3.63, 3.8) is 0 Å². The molecule has 0 aliphatic heterocycles. The van der Waals surface area contributed by atoms with Gasteiger partial charge in [-0.2, -0.15) is 0 Å².